The average molecular weight is 428 g/mol. The Labute approximate surface area is 183 Å². The molecule has 1 aliphatic heterocycles. The zero-order chi connectivity index (χ0) is 23.0. The number of halogens is 1. The van der Waals surface area contributed by atoms with Crippen molar-refractivity contribution in [3.05, 3.63) is 88.5 Å². The average Bonchev–Trinajstić information content (AvgIpc) is 3.05. The maximum atomic E-state index is 13.3. The van der Waals surface area contributed by atoms with E-state index in [2.05, 4.69) is 11.4 Å². The van der Waals surface area contributed by atoms with Gasteiger partial charge in [-0.3, -0.25) is 14.9 Å². The van der Waals surface area contributed by atoms with Crippen molar-refractivity contribution in [2.24, 2.45) is 0 Å². The summed E-state index contributed by atoms with van der Waals surface area (Å²) in [6.07, 6.45) is 1.43. The number of benzene rings is 2. The Hall–Kier alpha value is -4.51. The third-order valence-corrected chi connectivity index (χ3v) is 5.21. The fourth-order valence-electron chi connectivity index (χ4n) is 3.65. The number of carbonyl (C=O) groups is 3. The molecule has 2 heterocycles. The second kappa shape index (κ2) is 7.96. The van der Waals surface area contributed by atoms with Crippen LogP contribution in [0.2, 0.25) is 0 Å². The third-order valence-electron chi connectivity index (χ3n) is 5.21. The number of aryl methyl sites for hydroxylation is 1. The first-order valence-corrected chi connectivity index (χ1v) is 9.66. The SMILES string of the molecule is Cc1cc(C=C2C(=O)NC(=O)N(c3ccc(F)cc3)C2=O)c(C)n1-c1ccc(C#N)cc1. The van der Waals surface area contributed by atoms with E-state index in [1.165, 1.54) is 18.2 Å². The van der Waals surface area contributed by atoms with Crippen LogP contribution in [0.15, 0.2) is 60.2 Å². The monoisotopic (exact) mass is 428 g/mol. The van der Waals surface area contributed by atoms with Crippen LogP contribution in [-0.4, -0.2) is 22.4 Å². The standard InChI is InChI=1S/C24H17FN4O3/c1-14-11-17(15(2)28(14)19-7-3-16(13-26)4-8-19)12-21-22(30)27-24(32)29(23(21)31)20-9-5-18(25)6-10-20/h3-12H,1-2H3,(H,27,30,32). The van der Waals surface area contributed by atoms with E-state index in [1.54, 1.807) is 12.1 Å². The lowest BCUT2D eigenvalue weighted by Crippen LogP contribution is -2.54. The van der Waals surface area contributed by atoms with Gasteiger partial charge in [0, 0.05) is 17.1 Å². The highest BCUT2D eigenvalue weighted by Gasteiger charge is 2.37. The summed E-state index contributed by atoms with van der Waals surface area (Å²) >= 11 is 0. The predicted octanol–water partition coefficient (Wildman–Crippen LogP) is 3.77. The van der Waals surface area contributed by atoms with Crippen molar-refractivity contribution in [1.82, 2.24) is 9.88 Å². The number of carbonyl (C=O) groups excluding carboxylic acids is 3. The van der Waals surface area contributed by atoms with Crippen molar-refractivity contribution in [2.45, 2.75) is 13.8 Å². The molecule has 1 aliphatic rings. The summed E-state index contributed by atoms with van der Waals surface area (Å²) in [6, 6.07) is 14.9. The zero-order valence-corrected chi connectivity index (χ0v) is 17.2. The smallest absolute Gasteiger partial charge is 0.318 e. The number of amides is 4. The fraction of sp³-hybridized carbons (Fsp3) is 0.0833. The quantitative estimate of drug-likeness (QED) is 0.507. The van der Waals surface area contributed by atoms with E-state index < -0.39 is 23.7 Å². The molecule has 3 aromatic rings. The van der Waals surface area contributed by atoms with E-state index in [0.29, 0.717) is 11.1 Å². The van der Waals surface area contributed by atoms with Crippen LogP contribution in [0.25, 0.3) is 11.8 Å². The molecule has 0 bridgehead atoms. The normalized spacial score (nSPS) is 15.1. The van der Waals surface area contributed by atoms with Gasteiger partial charge in [0.05, 0.1) is 17.3 Å². The Morgan fingerprint density at radius 1 is 0.969 bits per heavy atom. The molecule has 8 heteroatoms. The Kier molecular flexibility index (Phi) is 5.16. The van der Waals surface area contributed by atoms with Gasteiger partial charge in [-0.15, -0.1) is 0 Å². The van der Waals surface area contributed by atoms with Crippen molar-refractivity contribution < 1.29 is 18.8 Å². The topological polar surface area (TPSA) is 95.2 Å². The number of rotatable bonds is 3. The predicted molar refractivity (Wildman–Crippen MR) is 115 cm³/mol. The molecule has 7 nitrogen and oxygen atoms in total. The van der Waals surface area contributed by atoms with Crippen LogP contribution in [0.5, 0.6) is 0 Å². The first-order chi connectivity index (χ1) is 15.3. The van der Waals surface area contributed by atoms with Gasteiger partial charge in [-0.2, -0.15) is 5.26 Å². The van der Waals surface area contributed by atoms with Crippen LogP contribution in [-0.2, 0) is 9.59 Å². The largest absolute Gasteiger partial charge is 0.335 e. The number of hydrogen-bond donors (Lipinski definition) is 1. The minimum absolute atomic E-state index is 0.148. The maximum absolute atomic E-state index is 13.3. The van der Waals surface area contributed by atoms with E-state index in [9.17, 15) is 18.8 Å². The molecular formula is C24H17FN4O3. The number of hydrogen-bond acceptors (Lipinski definition) is 4. The summed E-state index contributed by atoms with van der Waals surface area (Å²) in [5, 5.41) is 11.2. The number of aromatic nitrogens is 1. The highest BCUT2D eigenvalue weighted by atomic mass is 19.1. The summed E-state index contributed by atoms with van der Waals surface area (Å²) in [5.74, 6) is -2.12. The van der Waals surface area contributed by atoms with E-state index in [-0.39, 0.29) is 11.3 Å². The summed E-state index contributed by atoms with van der Waals surface area (Å²) in [6.45, 7) is 3.72. The van der Waals surface area contributed by atoms with Crippen LogP contribution in [0.4, 0.5) is 14.9 Å². The highest BCUT2D eigenvalue weighted by molar-refractivity contribution is 6.39. The first kappa shape index (κ1) is 20.8. The second-order valence-electron chi connectivity index (χ2n) is 7.25. The Balaban J connectivity index is 1.74. The fourth-order valence-corrected chi connectivity index (χ4v) is 3.65. The molecule has 0 saturated carbocycles. The van der Waals surface area contributed by atoms with E-state index in [1.807, 2.05) is 36.6 Å². The molecule has 1 N–H and O–H groups in total. The van der Waals surface area contributed by atoms with Gasteiger partial charge in [-0.25, -0.2) is 14.1 Å². The lowest BCUT2D eigenvalue weighted by molar-refractivity contribution is -0.122. The van der Waals surface area contributed by atoms with Gasteiger partial charge in [0.1, 0.15) is 11.4 Å². The Bertz CT molecular complexity index is 1330. The van der Waals surface area contributed by atoms with Crippen LogP contribution < -0.4 is 10.2 Å². The van der Waals surface area contributed by atoms with Crippen LogP contribution in [0.1, 0.15) is 22.5 Å². The van der Waals surface area contributed by atoms with Crippen molar-refractivity contribution >= 4 is 29.6 Å². The molecule has 0 aliphatic carbocycles. The number of nitriles is 1. The molecule has 0 radical (unpaired) electrons. The maximum Gasteiger partial charge on any atom is 0.335 e. The van der Waals surface area contributed by atoms with Gasteiger partial charge in [-0.05, 0) is 80.1 Å². The minimum Gasteiger partial charge on any atom is -0.318 e. The number of barbiturate groups is 1. The van der Waals surface area contributed by atoms with Crippen molar-refractivity contribution in [3.63, 3.8) is 0 Å². The second-order valence-corrected chi connectivity index (χ2v) is 7.25. The van der Waals surface area contributed by atoms with Crippen molar-refractivity contribution in [2.75, 3.05) is 4.90 Å². The van der Waals surface area contributed by atoms with Gasteiger partial charge in [0.25, 0.3) is 11.8 Å². The summed E-state index contributed by atoms with van der Waals surface area (Å²) in [7, 11) is 0. The van der Waals surface area contributed by atoms with Gasteiger partial charge < -0.3 is 4.57 Å². The third kappa shape index (κ3) is 3.56. The molecule has 1 saturated heterocycles. The molecule has 1 aromatic heterocycles. The van der Waals surface area contributed by atoms with Gasteiger partial charge in [0.2, 0.25) is 0 Å². The number of urea groups is 1. The molecule has 1 fully saturated rings. The minimum atomic E-state index is -0.896. The molecular weight excluding hydrogens is 411 g/mol. The Morgan fingerprint density at radius 2 is 1.59 bits per heavy atom. The lowest BCUT2D eigenvalue weighted by Gasteiger charge is -2.26. The van der Waals surface area contributed by atoms with Crippen molar-refractivity contribution in [3.8, 4) is 11.8 Å². The van der Waals surface area contributed by atoms with E-state index in [0.717, 1.165) is 34.1 Å². The van der Waals surface area contributed by atoms with E-state index in [4.69, 9.17) is 5.26 Å². The van der Waals surface area contributed by atoms with Crippen LogP contribution in [0.3, 0.4) is 0 Å². The van der Waals surface area contributed by atoms with Crippen LogP contribution in [0, 0.1) is 31.0 Å². The molecule has 0 atom stereocenters. The number of anilines is 1. The molecule has 32 heavy (non-hydrogen) atoms. The molecule has 4 amide bonds. The number of imide groups is 2. The summed E-state index contributed by atoms with van der Waals surface area (Å²) < 4.78 is 15.2. The van der Waals surface area contributed by atoms with Gasteiger partial charge in [-0.1, -0.05) is 0 Å². The summed E-state index contributed by atoms with van der Waals surface area (Å²) in [5.41, 5.74) is 3.54. The molecule has 4 rings (SSSR count). The number of nitrogens with zero attached hydrogens (tertiary/aromatic N) is 3. The van der Waals surface area contributed by atoms with Crippen molar-refractivity contribution in [1.29, 1.82) is 5.26 Å². The van der Waals surface area contributed by atoms with Gasteiger partial charge in [0.15, 0.2) is 0 Å². The molecule has 2 aromatic carbocycles. The first-order valence-electron chi connectivity index (χ1n) is 9.66. The molecule has 158 valence electrons. The van der Waals surface area contributed by atoms with Crippen LogP contribution >= 0.6 is 0 Å². The van der Waals surface area contributed by atoms with Gasteiger partial charge >= 0.3 is 6.03 Å². The highest BCUT2D eigenvalue weighted by Crippen LogP contribution is 2.26. The zero-order valence-electron chi connectivity index (χ0n) is 17.2. The van der Waals surface area contributed by atoms with E-state index >= 15 is 0 Å². The summed E-state index contributed by atoms with van der Waals surface area (Å²) in [4.78, 5) is 38.6. The molecule has 0 spiro atoms. The lowest BCUT2D eigenvalue weighted by atomic mass is 10.1. The number of nitrogens with one attached hydrogen (secondary N) is 1. The Morgan fingerprint density at radius 3 is 2.22 bits per heavy atom. The molecule has 0 unspecified atom stereocenters.